The van der Waals surface area contributed by atoms with Gasteiger partial charge in [-0.05, 0) is 55.2 Å². The number of phenols is 2. The van der Waals surface area contributed by atoms with Crippen LogP contribution >= 0.6 is 0 Å². The smallest absolute Gasteiger partial charge is 0.410 e. The molecule has 5 N–H and O–H groups in total. The van der Waals surface area contributed by atoms with E-state index in [2.05, 4.69) is 5.32 Å². The number of nitrogens with one attached hydrogen (secondary N) is 1. The maximum Gasteiger partial charge on any atom is 0.410 e. The Kier molecular flexibility index (Phi) is 25.5. The van der Waals surface area contributed by atoms with Crippen molar-refractivity contribution in [3.63, 3.8) is 0 Å². The van der Waals surface area contributed by atoms with Crippen LogP contribution in [0.3, 0.4) is 0 Å². The number of aryl methyl sites for hydroxylation is 1. The quantitative estimate of drug-likeness (QED) is 0.0463. The molecule has 0 radical (unpaired) electrons. The highest BCUT2D eigenvalue weighted by molar-refractivity contribution is 6.31. The number of likely N-dealkylation sites (N-methyl/N-ethyl adjacent to an activating group) is 1. The third kappa shape index (κ3) is 17.4. The number of rotatable bonds is 23. The van der Waals surface area contributed by atoms with Gasteiger partial charge in [0.15, 0.2) is 54.7 Å². The van der Waals surface area contributed by atoms with E-state index in [0.717, 1.165) is 85.6 Å². The van der Waals surface area contributed by atoms with Gasteiger partial charge in [-0.3, -0.25) is 52.7 Å². The van der Waals surface area contributed by atoms with Crippen LogP contribution in [0.4, 0.5) is 4.79 Å². The van der Waals surface area contributed by atoms with Crippen molar-refractivity contribution in [3.8, 4) is 34.1 Å². The van der Waals surface area contributed by atoms with Gasteiger partial charge in [0.25, 0.3) is 5.91 Å². The van der Waals surface area contributed by atoms with Crippen LogP contribution in [0, 0.1) is 6.92 Å². The van der Waals surface area contributed by atoms with E-state index in [1.165, 1.54) is 41.0 Å². The van der Waals surface area contributed by atoms with Crippen LogP contribution < -0.4 is 14.8 Å². The minimum Gasteiger partial charge on any atom is -0.507 e. The van der Waals surface area contributed by atoms with Crippen molar-refractivity contribution in [2.45, 2.75) is 193 Å². The van der Waals surface area contributed by atoms with E-state index in [0.29, 0.717) is 5.56 Å². The monoisotopic (exact) mass is 1520 g/mol. The topological polar surface area (TPSA) is 475 Å². The van der Waals surface area contributed by atoms with Crippen LogP contribution in [0.1, 0.15) is 146 Å². The first-order valence-corrected chi connectivity index (χ1v) is 33.5. The number of carbonyl (C=O) groups is 13. The number of aliphatic hydroxyl groups excluding tert-OH is 2. The fourth-order valence-electron chi connectivity index (χ4n) is 13.4. The summed E-state index contributed by atoms with van der Waals surface area (Å²) in [5.41, 5.74) is -5.16. The average molecular weight is 1520 g/mol. The normalized spacial score (nSPS) is 26.2. The maximum atomic E-state index is 15.4. The number of aromatic hydroxyl groups is 2. The molecule has 4 aromatic rings. The first-order valence-electron chi connectivity index (χ1n) is 33.5. The molecule has 0 bridgehead atoms. The highest BCUT2D eigenvalue weighted by atomic mass is 16.8. The first-order chi connectivity index (χ1) is 51.0. The van der Waals surface area contributed by atoms with Gasteiger partial charge in [-0.1, -0.05) is 36.4 Å². The highest BCUT2D eigenvalue weighted by Crippen LogP contribution is 2.58. The standard InChI is InChI=1S/C72H80N2O34/c1-27-20-43-50(61(47(27)67(89)73-28(2)68(90)93-14)107-70-65(102-36(10)81)63(100-34(8)79)59(98-32(6)77)45(104-70)25-94-30(4)75)49-41(23-42-51(56(49)87)54(85)40-21-39(92-13)22-44(83)48(40)53(42)84)55(86)58(43)106-69-57(88)62(52(29(3)97-69)74(12)72(91)96-24-38-18-16-15-17-19-38)108-71-66(103-37(11)82)64(101-35(9)80)60(99-33(7)78)46(105-71)26-95-31(5)76/h15-23,28-29,45-46,52,55,57-60,62-66,69-71,83,86-88H,24-26H2,1-14H3,(H,73,89)/t28-,29-,45-,46-,52+,55+,57-,58+,59-,60-,62+,63+,64+,65-,66-,69+,70+,71+/m1/s1. The molecule has 36 heteroatoms. The minimum absolute atomic E-state index is 0.130. The van der Waals surface area contributed by atoms with Crippen molar-refractivity contribution in [2.24, 2.45) is 0 Å². The Bertz CT molecular complexity index is 4210. The van der Waals surface area contributed by atoms with Gasteiger partial charge < -0.3 is 111 Å². The Labute approximate surface area is 615 Å². The molecule has 3 saturated heterocycles. The third-order valence-electron chi connectivity index (χ3n) is 17.8. The molecule has 2 amide bonds. The molecular formula is C72H80N2O34. The molecule has 3 fully saturated rings. The van der Waals surface area contributed by atoms with Gasteiger partial charge in [-0.2, -0.15) is 0 Å². The molecule has 0 spiro atoms. The van der Waals surface area contributed by atoms with Crippen LogP contribution in [0.2, 0.25) is 0 Å². The molecule has 3 heterocycles. The molecule has 18 atom stereocenters. The summed E-state index contributed by atoms with van der Waals surface area (Å²) in [6, 6.07) is 9.49. The van der Waals surface area contributed by atoms with Gasteiger partial charge in [0.05, 0.1) is 43.1 Å². The fourth-order valence-corrected chi connectivity index (χ4v) is 13.4. The Morgan fingerprint density at radius 3 is 1.60 bits per heavy atom. The number of methoxy groups -OCH3 is 2. The molecule has 0 unspecified atom stereocenters. The molecule has 4 aromatic carbocycles. The molecule has 582 valence electrons. The molecule has 36 nitrogen and oxygen atoms in total. The minimum atomic E-state index is -2.37. The zero-order valence-electron chi connectivity index (χ0n) is 60.7. The van der Waals surface area contributed by atoms with Crippen molar-refractivity contribution in [1.29, 1.82) is 0 Å². The Hall–Kier alpha value is -10.9. The third-order valence-corrected chi connectivity index (χ3v) is 17.8. The molecule has 3 aliphatic heterocycles. The molecule has 108 heavy (non-hydrogen) atoms. The Balaban J connectivity index is 1.30. The van der Waals surface area contributed by atoms with E-state index in [1.54, 1.807) is 30.3 Å². The van der Waals surface area contributed by atoms with Gasteiger partial charge in [0, 0.05) is 90.8 Å². The number of ether oxygens (including phenoxy) is 17. The van der Waals surface area contributed by atoms with Gasteiger partial charge in [0.1, 0.15) is 85.5 Å². The SMILES string of the molecule is COC(=O)[C@@H](C)NC(=O)c1c(C)cc2c(c1O[C@@H]1O[C@H](COC(C)=O)[C@@H](OC(C)=O)[C@H](OC(C)=O)[C@H]1OC(C)=O)-c1c(cc3c(c1O)C(=O)c1cc(OC)cc(O)c1C3=O)[C@H](O)[C@H]2O[C@@H]1O[C@H](C)[C@H](N(C)C(=O)OCc2ccccc2)[C@H](O[C@@H]2O[C@H](COC(C)=O)[C@@H](OC(C)=O)[C@H](OC(C)=O)[C@H]2OC(C)=O)[C@H]1O. The summed E-state index contributed by atoms with van der Waals surface area (Å²) in [4.78, 5) is 177. The number of aliphatic hydroxyl groups is 2. The molecule has 5 aliphatic rings. The Morgan fingerprint density at radius 1 is 0.565 bits per heavy atom. The lowest BCUT2D eigenvalue weighted by atomic mass is 9.74. The van der Waals surface area contributed by atoms with Gasteiger partial charge in [0.2, 0.25) is 12.4 Å². The molecule has 9 rings (SSSR count). The lowest BCUT2D eigenvalue weighted by molar-refractivity contribution is -0.357. The van der Waals surface area contributed by atoms with E-state index in [9.17, 15) is 73.2 Å². The molecule has 2 aliphatic carbocycles. The average Bonchev–Trinajstić information content (AvgIpc) is 0.701. The Morgan fingerprint density at radius 2 is 1.07 bits per heavy atom. The predicted octanol–water partition coefficient (Wildman–Crippen LogP) is 2.93. The van der Waals surface area contributed by atoms with Crippen LogP contribution in [0.15, 0.2) is 54.6 Å². The van der Waals surface area contributed by atoms with Crippen LogP contribution in [0.25, 0.3) is 11.1 Å². The number of fused-ring (bicyclic) bond motifs is 5. The van der Waals surface area contributed by atoms with Crippen molar-refractivity contribution < 1.29 is 163 Å². The van der Waals surface area contributed by atoms with E-state index < -0.39 is 268 Å². The summed E-state index contributed by atoms with van der Waals surface area (Å²) in [5, 5.41) is 53.7. The second kappa shape index (κ2) is 33.9. The van der Waals surface area contributed by atoms with E-state index in [1.807, 2.05) is 0 Å². The summed E-state index contributed by atoms with van der Waals surface area (Å²) in [6.45, 7) is 9.64. The summed E-state index contributed by atoms with van der Waals surface area (Å²) >= 11 is 0. The number of carbonyl (C=O) groups excluding carboxylic acids is 13. The number of hydrogen-bond donors (Lipinski definition) is 5. The predicted molar refractivity (Wildman–Crippen MR) is 355 cm³/mol. The van der Waals surface area contributed by atoms with Crippen molar-refractivity contribution in [2.75, 3.05) is 34.5 Å². The number of esters is 9. The summed E-state index contributed by atoms with van der Waals surface area (Å²) in [6.07, 6.45) is -33.0. The highest BCUT2D eigenvalue weighted by Gasteiger charge is 2.59. The van der Waals surface area contributed by atoms with Crippen LogP contribution in [-0.4, -0.2) is 235 Å². The van der Waals surface area contributed by atoms with Crippen molar-refractivity contribution >= 4 is 77.3 Å². The van der Waals surface area contributed by atoms with E-state index >= 15 is 9.59 Å². The van der Waals surface area contributed by atoms with Crippen LogP contribution in [0.5, 0.6) is 23.0 Å². The van der Waals surface area contributed by atoms with Gasteiger partial charge in [-0.25, -0.2) is 9.59 Å². The van der Waals surface area contributed by atoms with E-state index in [4.69, 9.17) is 80.5 Å². The van der Waals surface area contributed by atoms with Crippen LogP contribution in [-0.2, 0) is 121 Å². The van der Waals surface area contributed by atoms with Crippen molar-refractivity contribution in [1.82, 2.24) is 10.2 Å². The summed E-state index contributed by atoms with van der Waals surface area (Å²) < 4.78 is 100. The second-order valence-corrected chi connectivity index (χ2v) is 25.6. The summed E-state index contributed by atoms with van der Waals surface area (Å²) in [7, 11) is 3.42. The summed E-state index contributed by atoms with van der Waals surface area (Å²) in [5.74, 6) is -15.6. The number of hydrogen-bond acceptors (Lipinski definition) is 34. The molecular weight excluding hydrogens is 1440 g/mol. The largest absolute Gasteiger partial charge is 0.507 e. The van der Waals surface area contributed by atoms with Gasteiger partial charge >= 0.3 is 59.8 Å². The van der Waals surface area contributed by atoms with Gasteiger partial charge in [-0.15, -0.1) is 0 Å². The fraction of sp³-hybridized carbons (Fsp3) is 0.486. The first kappa shape index (κ1) is 81.2. The van der Waals surface area contributed by atoms with Crippen molar-refractivity contribution in [3.05, 3.63) is 105 Å². The number of amides is 2. The zero-order valence-corrected chi connectivity index (χ0v) is 60.7. The lowest BCUT2D eigenvalue weighted by Gasteiger charge is -2.50. The maximum absolute atomic E-state index is 15.4. The molecule has 0 aromatic heterocycles. The number of benzene rings is 4. The number of ketones is 2. The van der Waals surface area contributed by atoms with E-state index in [-0.39, 0.29) is 17.9 Å². The lowest BCUT2D eigenvalue weighted by Crippen LogP contribution is -2.68. The second-order valence-electron chi connectivity index (χ2n) is 25.6. The molecule has 0 saturated carbocycles. The zero-order chi connectivity index (χ0) is 79.3. The number of nitrogens with zero attached hydrogens (tertiary/aromatic N) is 1. The number of phenolic OH excluding ortho intramolecular Hbond substituents is 2.